The van der Waals surface area contributed by atoms with Gasteiger partial charge in [0.25, 0.3) is 0 Å². The van der Waals surface area contributed by atoms with Crippen LogP contribution in [0.15, 0.2) is 95.6 Å². The van der Waals surface area contributed by atoms with E-state index in [9.17, 15) is 0 Å². The Labute approximate surface area is 155 Å². The lowest BCUT2D eigenvalue weighted by Crippen LogP contribution is -1.92. The zero-order chi connectivity index (χ0) is 17.1. The molecule has 0 spiro atoms. The first kappa shape index (κ1) is 15.7. The number of halogens is 1. The minimum absolute atomic E-state index is 0.874. The highest BCUT2D eigenvalue weighted by molar-refractivity contribution is 9.10. The number of nitrogens with zero attached hydrogens (tertiary/aromatic N) is 2. The van der Waals surface area contributed by atoms with Gasteiger partial charge in [0, 0.05) is 16.2 Å². The zero-order valence-electron chi connectivity index (χ0n) is 13.4. The highest BCUT2D eigenvalue weighted by Crippen LogP contribution is 2.30. The van der Waals surface area contributed by atoms with Gasteiger partial charge in [-0.1, -0.05) is 64.5 Å². The van der Waals surface area contributed by atoms with E-state index in [2.05, 4.69) is 69.4 Å². The Balaban J connectivity index is 1.90. The lowest BCUT2D eigenvalue weighted by molar-refractivity contribution is 1.25. The fourth-order valence-corrected chi connectivity index (χ4v) is 3.01. The maximum Gasteiger partial charge on any atom is 0.0899 e. The molecule has 0 aliphatic carbocycles. The second-order valence-electron chi connectivity index (χ2n) is 5.71. The predicted molar refractivity (Wildman–Crippen MR) is 106 cm³/mol. The molecule has 2 heterocycles. The second-order valence-corrected chi connectivity index (χ2v) is 6.63. The molecule has 2 nitrogen and oxygen atoms in total. The number of pyridine rings is 2. The van der Waals surface area contributed by atoms with Crippen LogP contribution in [0.3, 0.4) is 0 Å². The molecular weight excluding hydrogens is 372 g/mol. The topological polar surface area (TPSA) is 25.8 Å². The van der Waals surface area contributed by atoms with Crippen LogP contribution < -0.4 is 0 Å². The Bertz CT molecular complexity index is 924. The Morgan fingerprint density at radius 1 is 0.560 bits per heavy atom. The van der Waals surface area contributed by atoms with Gasteiger partial charge in [0.1, 0.15) is 0 Å². The molecule has 0 bridgehead atoms. The Morgan fingerprint density at radius 3 is 2.00 bits per heavy atom. The van der Waals surface area contributed by atoms with Crippen LogP contribution in [0.2, 0.25) is 0 Å². The van der Waals surface area contributed by atoms with E-state index in [1.165, 1.54) is 0 Å². The van der Waals surface area contributed by atoms with Crippen LogP contribution in [0, 0.1) is 0 Å². The summed E-state index contributed by atoms with van der Waals surface area (Å²) >= 11 is 3.50. The summed E-state index contributed by atoms with van der Waals surface area (Å²) in [6, 6.07) is 28.7. The normalized spacial score (nSPS) is 10.6. The van der Waals surface area contributed by atoms with E-state index in [1.807, 2.05) is 36.4 Å². The van der Waals surface area contributed by atoms with Crippen LogP contribution in [0.25, 0.3) is 33.8 Å². The van der Waals surface area contributed by atoms with E-state index in [0.717, 1.165) is 38.2 Å². The lowest BCUT2D eigenvalue weighted by Gasteiger charge is -2.10. The smallest absolute Gasteiger partial charge is 0.0899 e. The fourth-order valence-electron chi connectivity index (χ4n) is 2.74. The van der Waals surface area contributed by atoms with Gasteiger partial charge >= 0.3 is 0 Å². The molecule has 4 aromatic rings. The second kappa shape index (κ2) is 6.99. The summed E-state index contributed by atoms with van der Waals surface area (Å²) < 4.78 is 1.07. The molecule has 0 fully saturated rings. The van der Waals surface area contributed by atoms with Gasteiger partial charge in [-0.05, 0) is 47.5 Å². The molecule has 0 unspecified atom stereocenters. The lowest BCUT2D eigenvalue weighted by atomic mass is 10.0. The van der Waals surface area contributed by atoms with E-state index < -0.39 is 0 Å². The summed E-state index contributed by atoms with van der Waals surface area (Å²) in [6.07, 6.45) is 1.80. The van der Waals surface area contributed by atoms with Crippen molar-refractivity contribution in [2.45, 2.75) is 0 Å². The Kier molecular flexibility index (Phi) is 4.40. The average molecular weight is 387 g/mol. The van der Waals surface area contributed by atoms with Gasteiger partial charge in [-0.3, -0.25) is 4.98 Å². The van der Waals surface area contributed by atoms with Crippen LogP contribution in [0.1, 0.15) is 0 Å². The quantitative estimate of drug-likeness (QED) is 0.416. The molecule has 0 aliphatic rings. The highest BCUT2D eigenvalue weighted by Gasteiger charge is 2.09. The highest BCUT2D eigenvalue weighted by atomic mass is 79.9. The number of hydrogen-bond donors (Lipinski definition) is 0. The number of rotatable bonds is 3. The zero-order valence-corrected chi connectivity index (χ0v) is 15.0. The summed E-state index contributed by atoms with van der Waals surface area (Å²) in [5.41, 5.74) is 6.07. The van der Waals surface area contributed by atoms with Crippen molar-refractivity contribution in [3.63, 3.8) is 0 Å². The first-order chi connectivity index (χ1) is 12.3. The summed E-state index contributed by atoms with van der Waals surface area (Å²) in [5, 5.41) is 0. The van der Waals surface area contributed by atoms with E-state index >= 15 is 0 Å². The molecular formula is C22H15BrN2. The Morgan fingerprint density at radius 2 is 1.28 bits per heavy atom. The van der Waals surface area contributed by atoms with Crippen molar-refractivity contribution in [1.29, 1.82) is 0 Å². The molecule has 2 aromatic heterocycles. The van der Waals surface area contributed by atoms with Crippen LogP contribution in [-0.2, 0) is 0 Å². The van der Waals surface area contributed by atoms with Gasteiger partial charge in [0.2, 0.25) is 0 Å². The number of aromatic nitrogens is 2. The van der Waals surface area contributed by atoms with Crippen LogP contribution in [-0.4, -0.2) is 9.97 Å². The maximum absolute atomic E-state index is 4.85. The molecule has 4 rings (SSSR count). The van der Waals surface area contributed by atoms with Crippen molar-refractivity contribution >= 4 is 15.9 Å². The number of hydrogen-bond acceptors (Lipinski definition) is 2. The van der Waals surface area contributed by atoms with Crippen molar-refractivity contribution in [3.05, 3.63) is 95.6 Å². The van der Waals surface area contributed by atoms with Crippen molar-refractivity contribution in [2.75, 3.05) is 0 Å². The minimum atomic E-state index is 0.874. The SMILES string of the molecule is Brc1ccc(-c2cc(-c3ccccc3)nc(-c3ccccn3)c2)cc1. The summed E-state index contributed by atoms with van der Waals surface area (Å²) in [7, 11) is 0. The van der Waals surface area contributed by atoms with Crippen molar-refractivity contribution < 1.29 is 0 Å². The van der Waals surface area contributed by atoms with Gasteiger partial charge in [-0.25, -0.2) is 4.98 Å². The van der Waals surface area contributed by atoms with Crippen LogP contribution in [0.5, 0.6) is 0 Å². The van der Waals surface area contributed by atoms with Gasteiger partial charge in [0.05, 0.1) is 17.1 Å². The van der Waals surface area contributed by atoms with Crippen LogP contribution in [0.4, 0.5) is 0 Å². The third kappa shape index (κ3) is 3.52. The Hall–Kier alpha value is -2.78. The third-order valence-electron chi connectivity index (χ3n) is 4.00. The van der Waals surface area contributed by atoms with Gasteiger partial charge in [0.15, 0.2) is 0 Å². The fraction of sp³-hybridized carbons (Fsp3) is 0. The molecule has 3 heteroatoms. The van der Waals surface area contributed by atoms with E-state index in [-0.39, 0.29) is 0 Å². The molecule has 0 N–H and O–H groups in total. The van der Waals surface area contributed by atoms with Crippen LogP contribution >= 0.6 is 15.9 Å². The standard InChI is InChI=1S/C22H15BrN2/c23-19-11-9-16(10-12-19)18-14-21(17-6-2-1-3-7-17)25-22(15-18)20-8-4-5-13-24-20/h1-15H. The molecule has 0 atom stereocenters. The van der Waals surface area contributed by atoms with Gasteiger partial charge < -0.3 is 0 Å². The molecule has 0 saturated heterocycles. The van der Waals surface area contributed by atoms with Gasteiger partial charge in [-0.2, -0.15) is 0 Å². The summed E-state index contributed by atoms with van der Waals surface area (Å²) in [6.45, 7) is 0. The molecule has 0 saturated carbocycles. The number of benzene rings is 2. The third-order valence-corrected chi connectivity index (χ3v) is 4.53. The molecule has 120 valence electrons. The molecule has 0 aliphatic heterocycles. The van der Waals surface area contributed by atoms with Gasteiger partial charge in [-0.15, -0.1) is 0 Å². The monoisotopic (exact) mass is 386 g/mol. The molecule has 25 heavy (non-hydrogen) atoms. The molecule has 2 aromatic carbocycles. The largest absolute Gasteiger partial charge is 0.255 e. The predicted octanol–water partition coefficient (Wildman–Crippen LogP) is 6.24. The summed E-state index contributed by atoms with van der Waals surface area (Å²) in [4.78, 5) is 9.31. The van der Waals surface area contributed by atoms with Crippen molar-refractivity contribution in [3.8, 4) is 33.8 Å². The van der Waals surface area contributed by atoms with E-state index in [0.29, 0.717) is 0 Å². The van der Waals surface area contributed by atoms with Crippen molar-refractivity contribution in [1.82, 2.24) is 9.97 Å². The molecule has 0 radical (unpaired) electrons. The maximum atomic E-state index is 4.85. The minimum Gasteiger partial charge on any atom is -0.255 e. The molecule has 0 amide bonds. The van der Waals surface area contributed by atoms with Crippen molar-refractivity contribution in [2.24, 2.45) is 0 Å². The average Bonchev–Trinajstić information content (AvgIpc) is 2.69. The van der Waals surface area contributed by atoms with E-state index in [4.69, 9.17) is 4.98 Å². The first-order valence-electron chi connectivity index (χ1n) is 8.04. The summed E-state index contributed by atoms with van der Waals surface area (Å²) in [5.74, 6) is 0. The van der Waals surface area contributed by atoms with E-state index in [1.54, 1.807) is 6.20 Å². The first-order valence-corrected chi connectivity index (χ1v) is 8.84.